The van der Waals surface area contributed by atoms with Crippen LogP contribution in [0.15, 0.2) is 65.9 Å². The van der Waals surface area contributed by atoms with E-state index in [1.165, 1.54) is 12.1 Å². The molecule has 0 radical (unpaired) electrons. The Bertz CT molecular complexity index is 1030. The summed E-state index contributed by atoms with van der Waals surface area (Å²) >= 11 is 0. The predicted octanol–water partition coefficient (Wildman–Crippen LogP) is 3.62. The van der Waals surface area contributed by atoms with Gasteiger partial charge in [-0.25, -0.2) is 4.39 Å². The number of amides is 1. The SMILES string of the molecule is CCOC(=O)[C@@H]1C(=O)C2=C(C[C@H]1c1ccccc1)NC(=O)C[C@H]2c1cccc(F)c1. The maximum atomic E-state index is 13.9. The lowest BCUT2D eigenvalue weighted by Crippen LogP contribution is -2.44. The average molecular weight is 407 g/mol. The third-order valence-electron chi connectivity index (χ3n) is 5.75. The first-order valence-electron chi connectivity index (χ1n) is 10.0. The number of carbonyl (C=O) groups excluding carboxylic acids is 3. The average Bonchev–Trinajstić information content (AvgIpc) is 2.73. The summed E-state index contributed by atoms with van der Waals surface area (Å²) in [6, 6.07) is 15.2. The second-order valence-electron chi connectivity index (χ2n) is 7.57. The summed E-state index contributed by atoms with van der Waals surface area (Å²) in [7, 11) is 0. The van der Waals surface area contributed by atoms with Crippen LogP contribution in [0.2, 0.25) is 0 Å². The van der Waals surface area contributed by atoms with Crippen LogP contribution in [0, 0.1) is 11.7 Å². The summed E-state index contributed by atoms with van der Waals surface area (Å²) in [5, 5.41) is 2.83. The molecule has 0 saturated carbocycles. The maximum absolute atomic E-state index is 13.9. The van der Waals surface area contributed by atoms with Gasteiger partial charge in [-0.1, -0.05) is 42.5 Å². The molecule has 4 rings (SSSR count). The first-order valence-corrected chi connectivity index (χ1v) is 10.0. The first kappa shape index (κ1) is 20.0. The third kappa shape index (κ3) is 3.65. The van der Waals surface area contributed by atoms with Gasteiger partial charge in [0.1, 0.15) is 11.7 Å². The molecule has 0 aromatic heterocycles. The Hall–Kier alpha value is -3.28. The summed E-state index contributed by atoms with van der Waals surface area (Å²) < 4.78 is 19.1. The van der Waals surface area contributed by atoms with Gasteiger partial charge in [-0.05, 0) is 36.6 Å². The smallest absolute Gasteiger partial charge is 0.317 e. The van der Waals surface area contributed by atoms with Crippen LogP contribution in [0.1, 0.15) is 42.7 Å². The summed E-state index contributed by atoms with van der Waals surface area (Å²) in [6.45, 7) is 1.86. The number of ether oxygens (including phenoxy) is 1. The highest BCUT2D eigenvalue weighted by Crippen LogP contribution is 2.45. The number of benzene rings is 2. The lowest BCUT2D eigenvalue weighted by molar-refractivity contribution is -0.152. The van der Waals surface area contributed by atoms with E-state index in [4.69, 9.17) is 4.74 Å². The molecule has 2 aromatic carbocycles. The number of Topliss-reactive ketones (excluding diaryl/α,β-unsaturated/α-hetero) is 1. The molecule has 1 amide bonds. The van der Waals surface area contributed by atoms with Crippen LogP contribution in [-0.2, 0) is 19.1 Å². The van der Waals surface area contributed by atoms with Gasteiger partial charge in [0, 0.05) is 29.5 Å². The van der Waals surface area contributed by atoms with Gasteiger partial charge in [0.2, 0.25) is 5.91 Å². The summed E-state index contributed by atoms with van der Waals surface area (Å²) in [6.07, 6.45) is 0.353. The fourth-order valence-corrected chi connectivity index (χ4v) is 4.48. The van der Waals surface area contributed by atoms with Crippen LogP contribution in [0.3, 0.4) is 0 Å². The topological polar surface area (TPSA) is 72.5 Å². The number of esters is 1. The zero-order chi connectivity index (χ0) is 21.3. The van der Waals surface area contributed by atoms with Crippen LogP contribution in [0.5, 0.6) is 0 Å². The molecule has 5 nitrogen and oxygen atoms in total. The van der Waals surface area contributed by atoms with Gasteiger partial charge in [0.25, 0.3) is 0 Å². The quantitative estimate of drug-likeness (QED) is 0.621. The number of nitrogens with one attached hydrogen (secondary N) is 1. The van der Waals surface area contributed by atoms with E-state index in [0.29, 0.717) is 23.3 Å². The zero-order valence-corrected chi connectivity index (χ0v) is 16.6. The summed E-state index contributed by atoms with van der Waals surface area (Å²) in [5.74, 6) is -3.63. The van der Waals surface area contributed by atoms with Crippen LogP contribution >= 0.6 is 0 Å². The fraction of sp³-hybridized carbons (Fsp3) is 0.292. The Morgan fingerprint density at radius 1 is 1.07 bits per heavy atom. The minimum Gasteiger partial charge on any atom is -0.465 e. The molecule has 154 valence electrons. The van der Waals surface area contributed by atoms with E-state index in [-0.39, 0.29) is 24.7 Å². The number of ketones is 1. The van der Waals surface area contributed by atoms with Crippen molar-refractivity contribution >= 4 is 17.7 Å². The Labute approximate surface area is 173 Å². The molecule has 1 aliphatic carbocycles. The van der Waals surface area contributed by atoms with E-state index in [1.54, 1.807) is 19.1 Å². The van der Waals surface area contributed by atoms with Gasteiger partial charge in [0.05, 0.1) is 6.61 Å². The van der Waals surface area contributed by atoms with Crippen molar-refractivity contribution in [1.29, 1.82) is 0 Å². The van der Waals surface area contributed by atoms with Crippen molar-refractivity contribution in [2.24, 2.45) is 5.92 Å². The minimum absolute atomic E-state index is 0.0274. The first-order chi connectivity index (χ1) is 14.5. The molecule has 0 bridgehead atoms. The van der Waals surface area contributed by atoms with Crippen LogP contribution in [0.4, 0.5) is 4.39 Å². The van der Waals surface area contributed by atoms with Gasteiger partial charge in [-0.3, -0.25) is 14.4 Å². The monoisotopic (exact) mass is 407 g/mol. The van der Waals surface area contributed by atoms with E-state index in [2.05, 4.69) is 5.32 Å². The largest absolute Gasteiger partial charge is 0.465 e. The molecule has 2 aliphatic rings. The molecule has 6 heteroatoms. The second-order valence-corrected chi connectivity index (χ2v) is 7.57. The van der Waals surface area contributed by atoms with E-state index >= 15 is 0 Å². The molecule has 2 aromatic rings. The van der Waals surface area contributed by atoms with Crippen LogP contribution in [0.25, 0.3) is 0 Å². The highest BCUT2D eigenvalue weighted by Gasteiger charge is 2.47. The molecular formula is C24H22FNO4. The predicted molar refractivity (Wildman–Crippen MR) is 108 cm³/mol. The molecule has 3 atom stereocenters. The number of hydrogen-bond donors (Lipinski definition) is 1. The third-order valence-corrected chi connectivity index (χ3v) is 5.75. The molecule has 0 spiro atoms. The van der Waals surface area contributed by atoms with Crippen molar-refractivity contribution < 1.29 is 23.5 Å². The standard InChI is InChI=1S/C24H22FNO4/c1-2-30-24(29)22-17(14-7-4-3-5-8-14)12-19-21(23(22)28)18(13-20(27)26-19)15-9-6-10-16(25)11-15/h3-11,17-18,22H,2,12-13H2,1H3,(H,26,27)/t17-,18-,22-/m0/s1. The van der Waals surface area contributed by atoms with Gasteiger partial charge < -0.3 is 10.1 Å². The Kier molecular flexibility index (Phi) is 5.48. The van der Waals surface area contributed by atoms with Gasteiger partial charge >= 0.3 is 5.97 Å². The molecule has 1 N–H and O–H groups in total. The Balaban J connectivity index is 1.82. The minimum atomic E-state index is -1.00. The van der Waals surface area contributed by atoms with Crippen molar-refractivity contribution in [3.63, 3.8) is 0 Å². The molecule has 0 saturated heterocycles. The fourth-order valence-electron chi connectivity index (χ4n) is 4.48. The Morgan fingerprint density at radius 3 is 2.50 bits per heavy atom. The van der Waals surface area contributed by atoms with Gasteiger partial charge in [0.15, 0.2) is 5.78 Å². The van der Waals surface area contributed by atoms with Crippen molar-refractivity contribution in [2.75, 3.05) is 6.61 Å². The zero-order valence-electron chi connectivity index (χ0n) is 16.6. The lowest BCUT2D eigenvalue weighted by Gasteiger charge is -2.38. The number of carbonyl (C=O) groups is 3. The van der Waals surface area contributed by atoms with Crippen LogP contribution < -0.4 is 5.32 Å². The molecule has 1 heterocycles. The van der Waals surface area contributed by atoms with E-state index < -0.39 is 29.5 Å². The molecule has 0 unspecified atom stereocenters. The van der Waals surface area contributed by atoms with Crippen molar-refractivity contribution in [1.82, 2.24) is 5.32 Å². The number of rotatable bonds is 4. The molecule has 0 fully saturated rings. The molecule has 30 heavy (non-hydrogen) atoms. The number of allylic oxidation sites excluding steroid dienone is 2. The van der Waals surface area contributed by atoms with Crippen molar-refractivity contribution in [3.8, 4) is 0 Å². The van der Waals surface area contributed by atoms with Gasteiger partial charge in [-0.15, -0.1) is 0 Å². The highest BCUT2D eigenvalue weighted by atomic mass is 19.1. The van der Waals surface area contributed by atoms with E-state index in [9.17, 15) is 18.8 Å². The highest BCUT2D eigenvalue weighted by molar-refractivity contribution is 6.12. The molecule has 1 aliphatic heterocycles. The summed E-state index contributed by atoms with van der Waals surface area (Å²) in [4.78, 5) is 38.9. The Morgan fingerprint density at radius 2 is 1.80 bits per heavy atom. The second kappa shape index (κ2) is 8.22. The lowest BCUT2D eigenvalue weighted by atomic mass is 9.68. The van der Waals surface area contributed by atoms with E-state index in [0.717, 1.165) is 5.56 Å². The van der Waals surface area contributed by atoms with E-state index in [1.807, 2.05) is 30.3 Å². The van der Waals surface area contributed by atoms with Crippen molar-refractivity contribution in [3.05, 3.63) is 82.8 Å². The molecular weight excluding hydrogens is 385 g/mol. The number of hydrogen-bond acceptors (Lipinski definition) is 4. The van der Waals surface area contributed by atoms with Crippen molar-refractivity contribution in [2.45, 2.75) is 31.6 Å². The van der Waals surface area contributed by atoms with Crippen LogP contribution in [-0.4, -0.2) is 24.3 Å². The normalized spacial score (nSPS) is 23.6. The maximum Gasteiger partial charge on any atom is 0.317 e. The van der Waals surface area contributed by atoms with Gasteiger partial charge in [-0.2, -0.15) is 0 Å². The summed E-state index contributed by atoms with van der Waals surface area (Å²) in [5.41, 5.74) is 2.27. The number of halogens is 1.